The van der Waals surface area contributed by atoms with Crippen LogP contribution in [0.5, 0.6) is 0 Å². The summed E-state index contributed by atoms with van der Waals surface area (Å²) in [5.74, 6) is 1.87. The van der Waals surface area contributed by atoms with Crippen LogP contribution in [0.25, 0.3) is 0 Å². The predicted molar refractivity (Wildman–Crippen MR) is 68.6 cm³/mol. The average Bonchev–Trinajstić information content (AvgIpc) is 2.64. The number of methoxy groups -OCH3 is 1. The summed E-state index contributed by atoms with van der Waals surface area (Å²) in [4.78, 5) is 0. The van der Waals surface area contributed by atoms with E-state index in [-0.39, 0.29) is 0 Å². The van der Waals surface area contributed by atoms with Gasteiger partial charge < -0.3 is 10.1 Å². The average molecular weight is 231 g/mol. The maximum absolute atomic E-state index is 5.15. The van der Waals surface area contributed by atoms with Gasteiger partial charge in [0.05, 0.1) is 0 Å². The van der Waals surface area contributed by atoms with E-state index in [0.717, 1.165) is 24.4 Å². The van der Waals surface area contributed by atoms with E-state index >= 15 is 0 Å². The molecule has 3 heteroatoms. The van der Waals surface area contributed by atoms with Gasteiger partial charge in [-0.1, -0.05) is 20.3 Å². The van der Waals surface area contributed by atoms with Crippen LogP contribution in [0.3, 0.4) is 0 Å². The van der Waals surface area contributed by atoms with E-state index in [1.807, 2.05) is 0 Å². The third-order valence-electron chi connectivity index (χ3n) is 3.01. The summed E-state index contributed by atoms with van der Waals surface area (Å²) < 4.78 is 5.15. The Kier molecular flexibility index (Phi) is 6.69. The molecule has 3 unspecified atom stereocenters. The number of hydrogen-bond donors (Lipinski definition) is 1. The largest absolute Gasteiger partial charge is 0.384 e. The van der Waals surface area contributed by atoms with Crippen LogP contribution < -0.4 is 5.32 Å². The first-order valence-corrected chi connectivity index (χ1v) is 7.16. The number of hydrogen-bond acceptors (Lipinski definition) is 3. The highest BCUT2D eigenvalue weighted by Gasteiger charge is 2.26. The van der Waals surface area contributed by atoms with E-state index in [1.165, 1.54) is 25.0 Å². The number of nitrogens with one attached hydrogen (secondary N) is 1. The highest BCUT2D eigenvalue weighted by atomic mass is 32.2. The van der Waals surface area contributed by atoms with Crippen LogP contribution >= 0.6 is 11.8 Å². The second-order valence-corrected chi connectivity index (χ2v) is 6.02. The number of thioether (sulfide) groups is 1. The van der Waals surface area contributed by atoms with E-state index in [0.29, 0.717) is 5.92 Å². The van der Waals surface area contributed by atoms with Crippen molar-refractivity contribution in [2.75, 3.05) is 26.0 Å². The Balaban J connectivity index is 2.19. The van der Waals surface area contributed by atoms with Crippen molar-refractivity contribution in [1.82, 2.24) is 5.32 Å². The Bertz CT molecular complexity index is 166. The molecule has 0 spiro atoms. The molecule has 1 aliphatic carbocycles. The molecule has 0 heterocycles. The molecule has 2 nitrogen and oxygen atoms in total. The molecule has 90 valence electrons. The summed E-state index contributed by atoms with van der Waals surface area (Å²) in [6.45, 7) is 6.46. The Labute approximate surface area is 98.5 Å². The minimum atomic E-state index is 0.628. The molecule has 0 aromatic carbocycles. The van der Waals surface area contributed by atoms with Crippen molar-refractivity contribution in [3.05, 3.63) is 0 Å². The van der Waals surface area contributed by atoms with Gasteiger partial charge in [0.1, 0.15) is 0 Å². The molecule has 0 bridgehead atoms. The lowest BCUT2D eigenvalue weighted by Gasteiger charge is -2.22. The van der Waals surface area contributed by atoms with Crippen molar-refractivity contribution in [3.63, 3.8) is 0 Å². The van der Waals surface area contributed by atoms with Gasteiger partial charge in [-0.3, -0.25) is 0 Å². The van der Waals surface area contributed by atoms with Crippen LogP contribution in [0, 0.1) is 5.92 Å². The van der Waals surface area contributed by atoms with Gasteiger partial charge in [-0.25, -0.2) is 0 Å². The molecule has 0 aromatic rings. The lowest BCUT2D eigenvalue weighted by atomic mass is 10.1. The van der Waals surface area contributed by atoms with Gasteiger partial charge in [0.15, 0.2) is 0 Å². The quantitative estimate of drug-likeness (QED) is 0.727. The Morgan fingerprint density at radius 2 is 2.27 bits per heavy atom. The summed E-state index contributed by atoms with van der Waals surface area (Å²) in [7, 11) is 1.78. The SMILES string of the molecule is CCSC1CCCC1NCC(C)COC. The molecule has 1 fully saturated rings. The first-order valence-electron chi connectivity index (χ1n) is 6.11. The smallest absolute Gasteiger partial charge is 0.0499 e. The second-order valence-electron chi connectivity index (χ2n) is 4.50. The lowest BCUT2D eigenvalue weighted by Crippen LogP contribution is -2.37. The minimum absolute atomic E-state index is 0.628. The highest BCUT2D eigenvalue weighted by Crippen LogP contribution is 2.29. The lowest BCUT2D eigenvalue weighted by molar-refractivity contribution is 0.157. The molecule has 0 saturated heterocycles. The standard InChI is InChI=1S/C12H25NOS/c1-4-15-12-7-5-6-11(12)13-8-10(2)9-14-3/h10-13H,4-9H2,1-3H3. The predicted octanol–water partition coefficient (Wildman–Crippen LogP) is 2.53. The zero-order chi connectivity index (χ0) is 11.1. The van der Waals surface area contributed by atoms with Crippen molar-refractivity contribution in [3.8, 4) is 0 Å². The van der Waals surface area contributed by atoms with Crippen LogP contribution in [0.2, 0.25) is 0 Å². The van der Waals surface area contributed by atoms with Gasteiger partial charge in [-0.05, 0) is 24.5 Å². The fourth-order valence-corrected chi connectivity index (χ4v) is 3.50. The summed E-state index contributed by atoms with van der Waals surface area (Å²) >= 11 is 2.12. The second kappa shape index (κ2) is 7.53. The van der Waals surface area contributed by atoms with Crippen molar-refractivity contribution in [2.24, 2.45) is 5.92 Å². The summed E-state index contributed by atoms with van der Waals surface area (Å²) in [5, 5.41) is 4.55. The van der Waals surface area contributed by atoms with E-state index in [4.69, 9.17) is 4.74 Å². The van der Waals surface area contributed by atoms with Gasteiger partial charge in [0.25, 0.3) is 0 Å². The van der Waals surface area contributed by atoms with Gasteiger partial charge >= 0.3 is 0 Å². The molecule has 3 atom stereocenters. The summed E-state index contributed by atoms with van der Waals surface area (Å²) in [5.41, 5.74) is 0. The zero-order valence-corrected chi connectivity index (χ0v) is 11.1. The van der Waals surface area contributed by atoms with Gasteiger partial charge in [-0.2, -0.15) is 11.8 Å². The van der Waals surface area contributed by atoms with E-state index in [9.17, 15) is 0 Å². The molecule has 1 N–H and O–H groups in total. The van der Waals surface area contributed by atoms with Crippen LogP contribution in [-0.2, 0) is 4.74 Å². The van der Waals surface area contributed by atoms with Crippen molar-refractivity contribution in [1.29, 1.82) is 0 Å². The van der Waals surface area contributed by atoms with Crippen LogP contribution in [0.4, 0.5) is 0 Å². The molecule has 1 aliphatic rings. The third kappa shape index (κ3) is 4.75. The maximum Gasteiger partial charge on any atom is 0.0499 e. The zero-order valence-electron chi connectivity index (χ0n) is 10.3. The minimum Gasteiger partial charge on any atom is -0.384 e. The number of ether oxygens (including phenoxy) is 1. The molecule has 0 aromatic heterocycles. The Hall–Kier alpha value is 0.270. The molecule has 1 rings (SSSR count). The van der Waals surface area contributed by atoms with E-state index < -0.39 is 0 Å². The van der Waals surface area contributed by atoms with E-state index in [1.54, 1.807) is 7.11 Å². The molecule has 1 saturated carbocycles. The van der Waals surface area contributed by atoms with Crippen molar-refractivity contribution >= 4 is 11.8 Å². The molecular weight excluding hydrogens is 206 g/mol. The summed E-state index contributed by atoms with van der Waals surface area (Å²) in [6.07, 6.45) is 4.15. The van der Waals surface area contributed by atoms with Crippen LogP contribution in [0.15, 0.2) is 0 Å². The maximum atomic E-state index is 5.15. The molecule has 15 heavy (non-hydrogen) atoms. The molecule has 0 aliphatic heterocycles. The molecule has 0 radical (unpaired) electrons. The van der Waals surface area contributed by atoms with Gasteiger partial charge in [0, 0.05) is 31.6 Å². The van der Waals surface area contributed by atoms with Gasteiger partial charge in [0.2, 0.25) is 0 Å². The molecule has 0 amide bonds. The third-order valence-corrected chi connectivity index (χ3v) is 4.34. The first-order chi connectivity index (χ1) is 7.27. The topological polar surface area (TPSA) is 21.3 Å². The van der Waals surface area contributed by atoms with Crippen LogP contribution in [0.1, 0.15) is 33.1 Å². The normalized spacial score (nSPS) is 28.2. The molecular formula is C12H25NOS. The van der Waals surface area contributed by atoms with Crippen LogP contribution in [-0.4, -0.2) is 37.3 Å². The van der Waals surface area contributed by atoms with Crippen molar-refractivity contribution < 1.29 is 4.74 Å². The fourth-order valence-electron chi connectivity index (χ4n) is 2.27. The van der Waals surface area contributed by atoms with E-state index in [2.05, 4.69) is 30.9 Å². The fraction of sp³-hybridized carbons (Fsp3) is 1.00. The van der Waals surface area contributed by atoms with Gasteiger partial charge in [-0.15, -0.1) is 0 Å². The Morgan fingerprint density at radius 3 is 2.93 bits per heavy atom. The highest BCUT2D eigenvalue weighted by molar-refractivity contribution is 7.99. The Morgan fingerprint density at radius 1 is 1.47 bits per heavy atom. The first kappa shape index (κ1) is 13.3. The summed E-state index contributed by atoms with van der Waals surface area (Å²) in [6, 6.07) is 0.745. The number of rotatable bonds is 7. The van der Waals surface area contributed by atoms with Crippen molar-refractivity contribution in [2.45, 2.75) is 44.4 Å². The monoisotopic (exact) mass is 231 g/mol.